The lowest BCUT2D eigenvalue weighted by Gasteiger charge is -2.22. The average Bonchev–Trinajstić information content (AvgIpc) is 3.19. The summed E-state index contributed by atoms with van der Waals surface area (Å²) in [5, 5.41) is 10.2. The molecule has 0 heterocycles. The zero-order valence-corrected chi connectivity index (χ0v) is 12.4. The molecule has 1 saturated carbocycles. The number of unbranched alkanes of at least 4 members (excludes halogenated alkanes) is 6. The third-order valence-electron chi connectivity index (χ3n) is 3.93. The Balaban J connectivity index is 1.99. The van der Waals surface area contributed by atoms with Crippen LogP contribution in [0.2, 0.25) is 0 Å². The number of hydrogen-bond donors (Lipinski definition) is 1. The van der Waals surface area contributed by atoms with Crippen LogP contribution in [-0.2, 0) is 4.74 Å². The summed E-state index contributed by atoms with van der Waals surface area (Å²) in [6.45, 7) is 5.01. The molecule has 0 saturated heterocycles. The fourth-order valence-corrected chi connectivity index (χ4v) is 2.65. The quantitative estimate of drug-likeness (QED) is 0.527. The van der Waals surface area contributed by atoms with Gasteiger partial charge in [-0.05, 0) is 32.1 Å². The molecule has 1 N–H and O–H groups in total. The van der Waals surface area contributed by atoms with Gasteiger partial charge in [-0.3, -0.25) is 0 Å². The van der Waals surface area contributed by atoms with Crippen LogP contribution >= 0.6 is 0 Å². The molecule has 0 aromatic heterocycles. The van der Waals surface area contributed by atoms with Crippen molar-refractivity contribution in [3.8, 4) is 0 Å². The van der Waals surface area contributed by atoms with Crippen LogP contribution in [-0.4, -0.2) is 23.9 Å². The van der Waals surface area contributed by atoms with E-state index in [1.165, 1.54) is 51.4 Å². The van der Waals surface area contributed by atoms with Crippen molar-refractivity contribution in [1.29, 1.82) is 0 Å². The molecule has 0 amide bonds. The van der Waals surface area contributed by atoms with Gasteiger partial charge in [0.1, 0.15) is 0 Å². The first-order chi connectivity index (χ1) is 8.79. The molecular weight excluding hydrogens is 224 g/mol. The third-order valence-corrected chi connectivity index (χ3v) is 3.93. The fraction of sp³-hybridized carbons (Fsp3) is 1.00. The smallest absolute Gasteiger partial charge is 0.0861 e. The number of ether oxygens (including phenoxy) is 1. The van der Waals surface area contributed by atoms with E-state index in [2.05, 4.69) is 6.92 Å². The van der Waals surface area contributed by atoms with Crippen molar-refractivity contribution >= 4 is 0 Å². The second kappa shape index (κ2) is 9.80. The SMILES string of the molecule is CCCCCCCCCC(O)C(OCC)C1CC1. The van der Waals surface area contributed by atoms with Gasteiger partial charge < -0.3 is 9.84 Å². The van der Waals surface area contributed by atoms with Crippen LogP contribution in [0.15, 0.2) is 0 Å². The number of hydrogen-bond acceptors (Lipinski definition) is 2. The van der Waals surface area contributed by atoms with Gasteiger partial charge in [-0.25, -0.2) is 0 Å². The molecule has 1 aliphatic carbocycles. The highest BCUT2D eigenvalue weighted by atomic mass is 16.5. The molecule has 2 nitrogen and oxygen atoms in total. The molecule has 108 valence electrons. The van der Waals surface area contributed by atoms with Crippen molar-refractivity contribution in [2.24, 2.45) is 5.92 Å². The van der Waals surface area contributed by atoms with E-state index in [0.29, 0.717) is 5.92 Å². The summed E-state index contributed by atoms with van der Waals surface area (Å²) in [4.78, 5) is 0. The first-order valence-corrected chi connectivity index (χ1v) is 8.09. The topological polar surface area (TPSA) is 29.5 Å². The standard InChI is InChI=1S/C16H32O2/c1-3-5-6-7-8-9-10-11-15(17)16(18-4-2)14-12-13-14/h14-17H,3-13H2,1-2H3. The zero-order valence-electron chi connectivity index (χ0n) is 12.4. The highest BCUT2D eigenvalue weighted by Gasteiger charge is 2.36. The number of aliphatic hydroxyl groups is 1. The summed E-state index contributed by atoms with van der Waals surface area (Å²) in [6.07, 6.45) is 12.5. The summed E-state index contributed by atoms with van der Waals surface area (Å²) in [5.41, 5.74) is 0. The molecule has 1 fully saturated rings. The Labute approximate surface area is 113 Å². The molecule has 0 spiro atoms. The highest BCUT2D eigenvalue weighted by molar-refractivity contribution is 4.86. The summed E-state index contributed by atoms with van der Waals surface area (Å²) in [6, 6.07) is 0. The van der Waals surface area contributed by atoms with Crippen LogP contribution in [0.3, 0.4) is 0 Å². The Morgan fingerprint density at radius 2 is 1.61 bits per heavy atom. The molecule has 1 aliphatic rings. The molecule has 2 heteroatoms. The molecule has 0 aromatic carbocycles. The van der Waals surface area contributed by atoms with Crippen LogP contribution in [0, 0.1) is 5.92 Å². The molecule has 2 unspecified atom stereocenters. The summed E-state index contributed by atoms with van der Waals surface area (Å²) in [7, 11) is 0. The fourth-order valence-electron chi connectivity index (χ4n) is 2.65. The zero-order chi connectivity index (χ0) is 13.2. The molecule has 2 atom stereocenters. The van der Waals surface area contributed by atoms with Crippen molar-refractivity contribution in [1.82, 2.24) is 0 Å². The van der Waals surface area contributed by atoms with Crippen molar-refractivity contribution in [2.45, 2.75) is 90.3 Å². The van der Waals surface area contributed by atoms with E-state index in [4.69, 9.17) is 4.74 Å². The van der Waals surface area contributed by atoms with Crippen LogP contribution in [0.4, 0.5) is 0 Å². The van der Waals surface area contributed by atoms with Gasteiger partial charge in [-0.1, -0.05) is 51.9 Å². The lowest BCUT2D eigenvalue weighted by molar-refractivity contribution is -0.0483. The highest BCUT2D eigenvalue weighted by Crippen LogP contribution is 2.36. The molecule has 0 bridgehead atoms. The van der Waals surface area contributed by atoms with Gasteiger partial charge in [-0.2, -0.15) is 0 Å². The maximum Gasteiger partial charge on any atom is 0.0861 e. The number of aliphatic hydroxyl groups excluding tert-OH is 1. The van der Waals surface area contributed by atoms with Gasteiger partial charge in [0, 0.05) is 6.61 Å². The largest absolute Gasteiger partial charge is 0.390 e. The van der Waals surface area contributed by atoms with Crippen molar-refractivity contribution in [3.63, 3.8) is 0 Å². The van der Waals surface area contributed by atoms with Crippen LogP contribution in [0.5, 0.6) is 0 Å². The Kier molecular flexibility index (Phi) is 8.70. The average molecular weight is 256 g/mol. The van der Waals surface area contributed by atoms with E-state index >= 15 is 0 Å². The van der Waals surface area contributed by atoms with Crippen molar-refractivity contribution < 1.29 is 9.84 Å². The van der Waals surface area contributed by atoms with Gasteiger partial charge in [0.15, 0.2) is 0 Å². The third kappa shape index (κ3) is 6.75. The normalized spacial score (nSPS) is 18.8. The first-order valence-electron chi connectivity index (χ1n) is 8.09. The molecule has 1 rings (SSSR count). The van der Waals surface area contributed by atoms with Gasteiger partial charge in [0.2, 0.25) is 0 Å². The minimum absolute atomic E-state index is 0.120. The lowest BCUT2D eigenvalue weighted by atomic mass is 10.0. The van der Waals surface area contributed by atoms with Crippen LogP contribution in [0.1, 0.15) is 78.1 Å². The molecule has 0 aliphatic heterocycles. The van der Waals surface area contributed by atoms with Gasteiger partial charge in [0.25, 0.3) is 0 Å². The second-order valence-corrected chi connectivity index (χ2v) is 5.73. The first kappa shape index (κ1) is 16.0. The van der Waals surface area contributed by atoms with E-state index in [-0.39, 0.29) is 12.2 Å². The molecule has 0 aromatic rings. The van der Waals surface area contributed by atoms with E-state index in [1.54, 1.807) is 0 Å². The van der Waals surface area contributed by atoms with Crippen molar-refractivity contribution in [3.05, 3.63) is 0 Å². The van der Waals surface area contributed by atoms with E-state index in [0.717, 1.165) is 19.4 Å². The minimum Gasteiger partial charge on any atom is -0.390 e. The minimum atomic E-state index is -0.229. The Morgan fingerprint density at radius 3 is 2.17 bits per heavy atom. The summed E-state index contributed by atoms with van der Waals surface area (Å²) in [5.74, 6) is 0.643. The Bertz CT molecular complexity index is 190. The van der Waals surface area contributed by atoms with E-state index in [9.17, 15) is 5.11 Å². The maximum absolute atomic E-state index is 10.2. The van der Waals surface area contributed by atoms with Gasteiger partial charge in [-0.15, -0.1) is 0 Å². The molecule has 18 heavy (non-hydrogen) atoms. The lowest BCUT2D eigenvalue weighted by Crippen LogP contribution is -2.31. The Morgan fingerprint density at radius 1 is 1.00 bits per heavy atom. The molecular formula is C16H32O2. The number of rotatable bonds is 12. The summed E-state index contributed by atoms with van der Waals surface area (Å²) >= 11 is 0. The predicted octanol–water partition coefficient (Wildman–Crippen LogP) is 4.30. The van der Waals surface area contributed by atoms with E-state index < -0.39 is 0 Å². The predicted molar refractivity (Wildman–Crippen MR) is 76.8 cm³/mol. The second-order valence-electron chi connectivity index (χ2n) is 5.73. The summed E-state index contributed by atoms with van der Waals surface area (Å²) < 4.78 is 5.69. The maximum atomic E-state index is 10.2. The van der Waals surface area contributed by atoms with Crippen LogP contribution in [0.25, 0.3) is 0 Å². The molecule has 0 radical (unpaired) electrons. The monoisotopic (exact) mass is 256 g/mol. The van der Waals surface area contributed by atoms with Crippen LogP contribution < -0.4 is 0 Å². The Hall–Kier alpha value is -0.0800. The van der Waals surface area contributed by atoms with E-state index in [1.807, 2.05) is 6.92 Å². The van der Waals surface area contributed by atoms with Gasteiger partial charge >= 0.3 is 0 Å². The van der Waals surface area contributed by atoms with Crippen molar-refractivity contribution in [2.75, 3.05) is 6.61 Å². The van der Waals surface area contributed by atoms with Gasteiger partial charge in [0.05, 0.1) is 12.2 Å².